The zero-order valence-corrected chi connectivity index (χ0v) is 10.7. The van der Waals surface area contributed by atoms with E-state index in [-0.39, 0.29) is 0 Å². The van der Waals surface area contributed by atoms with Crippen molar-refractivity contribution in [3.8, 4) is 0 Å². The Bertz CT molecular complexity index is 410. The van der Waals surface area contributed by atoms with Gasteiger partial charge >= 0.3 is 0 Å². The monoisotopic (exact) mass is 251 g/mol. The molecule has 2 heterocycles. The maximum absolute atomic E-state index is 5.67. The molecule has 4 nitrogen and oxygen atoms in total. The largest absolute Gasteiger partial charge is 0.388 e. The van der Waals surface area contributed by atoms with Gasteiger partial charge in [0, 0.05) is 32.9 Å². The van der Waals surface area contributed by atoms with Crippen LogP contribution in [0.3, 0.4) is 0 Å². The normalized spacial score (nSPS) is 20.6. The van der Waals surface area contributed by atoms with Crippen molar-refractivity contribution in [2.75, 3.05) is 20.2 Å². The minimum Gasteiger partial charge on any atom is -0.388 e. The number of thiocarbonyl (C=S) groups is 1. The molecule has 1 fully saturated rings. The number of nitrogens with two attached hydrogens (primary N) is 1. The highest BCUT2D eigenvalue weighted by atomic mass is 32.1. The Hall–Kier alpha value is -1.04. The molecular weight excluding hydrogens is 234 g/mol. The third-order valence-electron chi connectivity index (χ3n) is 3.08. The topological polar surface area (TPSA) is 51.4 Å². The molecule has 0 saturated carbocycles. The van der Waals surface area contributed by atoms with E-state index >= 15 is 0 Å². The number of hydrogen-bond donors (Lipinski definition) is 1. The Kier molecular flexibility index (Phi) is 4.04. The van der Waals surface area contributed by atoms with Gasteiger partial charge in [-0.3, -0.25) is 9.88 Å². The summed E-state index contributed by atoms with van der Waals surface area (Å²) in [4.78, 5) is 6.94. The summed E-state index contributed by atoms with van der Waals surface area (Å²) in [7, 11) is 1.76. The molecule has 0 aromatic carbocycles. The first-order chi connectivity index (χ1) is 8.20. The average Bonchev–Trinajstić information content (AvgIpc) is 2.77. The average molecular weight is 251 g/mol. The van der Waals surface area contributed by atoms with Crippen LogP contribution in [0.2, 0.25) is 0 Å². The fourth-order valence-electron chi connectivity index (χ4n) is 2.16. The van der Waals surface area contributed by atoms with Crippen LogP contribution in [-0.2, 0) is 11.3 Å². The molecular formula is C12H17N3OS. The van der Waals surface area contributed by atoms with Gasteiger partial charge in [-0.05, 0) is 18.1 Å². The molecule has 2 rings (SSSR count). The van der Waals surface area contributed by atoms with Crippen molar-refractivity contribution >= 4 is 17.2 Å². The number of ether oxygens (including phenoxy) is 1. The van der Waals surface area contributed by atoms with Gasteiger partial charge in [-0.1, -0.05) is 18.3 Å². The van der Waals surface area contributed by atoms with Crippen molar-refractivity contribution in [1.29, 1.82) is 0 Å². The second kappa shape index (κ2) is 5.53. The molecule has 1 atom stereocenters. The van der Waals surface area contributed by atoms with Gasteiger partial charge in [0.15, 0.2) is 0 Å². The highest BCUT2D eigenvalue weighted by Gasteiger charge is 2.22. The highest BCUT2D eigenvalue weighted by molar-refractivity contribution is 7.80. The van der Waals surface area contributed by atoms with Gasteiger partial charge in [0.05, 0.1) is 6.10 Å². The van der Waals surface area contributed by atoms with E-state index in [1.807, 2.05) is 12.1 Å². The SMILES string of the molecule is COC1CCN(Cc2cccnc2C(N)=S)C1. The lowest BCUT2D eigenvalue weighted by atomic mass is 10.2. The second-order valence-electron chi connectivity index (χ2n) is 4.26. The Balaban J connectivity index is 2.06. The van der Waals surface area contributed by atoms with Crippen LogP contribution in [0.5, 0.6) is 0 Å². The lowest BCUT2D eigenvalue weighted by molar-refractivity contribution is 0.107. The smallest absolute Gasteiger partial charge is 0.123 e. The van der Waals surface area contributed by atoms with Gasteiger partial charge in [-0.25, -0.2) is 0 Å². The maximum atomic E-state index is 5.67. The predicted molar refractivity (Wildman–Crippen MR) is 70.8 cm³/mol. The summed E-state index contributed by atoms with van der Waals surface area (Å²) in [5.41, 5.74) is 7.50. The summed E-state index contributed by atoms with van der Waals surface area (Å²) in [6.45, 7) is 2.84. The van der Waals surface area contributed by atoms with Crippen LogP contribution < -0.4 is 5.73 Å². The van der Waals surface area contributed by atoms with Gasteiger partial charge in [-0.15, -0.1) is 0 Å². The number of nitrogens with zero attached hydrogens (tertiary/aromatic N) is 2. The standard InChI is InChI=1S/C12H17N3OS/c1-16-10-4-6-15(8-10)7-9-3-2-5-14-11(9)12(13)17/h2-3,5,10H,4,6-8H2,1H3,(H2,13,17). The third-order valence-corrected chi connectivity index (χ3v) is 3.27. The van der Waals surface area contributed by atoms with Crippen LogP contribution in [0, 0.1) is 0 Å². The molecule has 0 aliphatic carbocycles. The van der Waals surface area contributed by atoms with E-state index in [0.717, 1.165) is 37.3 Å². The van der Waals surface area contributed by atoms with Crippen LogP contribution in [0.25, 0.3) is 0 Å². The second-order valence-corrected chi connectivity index (χ2v) is 4.70. The molecule has 5 heteroatoms. The maximum Gasteiger partial charge on any atom is 0.123 e. The lowest BCUT2D eigenvalue weighted by Crippen LogP contribution is -2.24. The minimum absolute atomic E-state index is 0.347. The van der Waals surface area contributed by atoms with Gasteiger partial charge in [-0.2, -0.15) is 0 Å². The zero-order valence-electron chi connectivity index (χ0n) is 9.93. The van der Waals surface area contributed by atoms with E-state index in [1.54, 1.807) is 13.3 Å². The van der Waals surface area contributed by atoms with Crippen molar-refractivity contribution in [3.05, 3.63) is 29.6 Å². The molecule has 2 N–H and O–H groups in total. The van der Waals surface area contributed by atoms with Crippen molar-refractivity contribution in [2.24, 2.45) is 5.73 Å². The molecule has 92 valence electrons. The summed E-state index contributed by atoms with van der Waals surface area (Å²) >= 11 is 5.01. The molecule has 17 heavy (non-hydrogen) atoms. The van der Waals surface area contributed by atoms with Crippen LogP contribution in [0.15, 0.2) is 18.3 Å². The third kappa shape index (κ3) is 3.00. The molecule has 0 bridgehead atoms. The summed E-state index contributed by atoms with van der Waals surface area (Å²) in [5, 5.41) is 0. The number of methoxy groups -OCH3 is 1. The van der Waals surface area contributed by atoms with Crippen LogP contribution in [0.4, 0.5) is 0 Å². The van der Waals surface area contributed by atoms with E-state index in [9.17, 15) is 0 Å². The van der Waals surface area contributed by atoms with Crippen LogP contribution in [-0.4, -0.2) is 41.2 Å². The minimum atomic E-state index is 0.347. The molecule has 0 amide bonds. The highest BCUT2D eigenvalue weighted by Crippen LogP contribution is 2.16. The fraction of sp³-hybridized carbons (Fsp3) is 0.500. The van der Waals surface area contributed by atoms with Crippen molar-refractivity contribution < 1.29 is 4.74 Å². The molecule has 1 unspecified atom stereocenters. The molecule has 1 saturated heterocycles. The Morgan fingerprint density at radius 1 is 1.71 bits per heavy atom. The molecule has 1 aliphatic rings. The summed E-state index contributed by atoms with van der Waals surface area (Å²) in [6.07, 6.45) is 3.15. The first-order valence-electron chi connectivity index (χ1n) is 5.69. The van der Waals surface area contributed by atoms with E-state index in [0.29, 0.717) is 11.1 Å². The number of aromatic nitrogens is 1. The molecule has 1 aromatic rings. The summed E-state index contributed by atoms with van der Waals surface area (Å²) in [6, 6.07) is 3.95. The van der Waals surface area contributed by atoms with Crippen LogP contribution in [0.1, 0.15) is 17.7 Å². The van der Waals surface area contributed by atoms with Crippen molar-refractivity contribution in [1.82, 2.24) is 9.88 Å². The summed E-state index contributed by atoms with van der Waals surface area (Å²) < 4.78 is 5.35. The van der Waals surface area contributed by atoms with E-state index < -0.39 is 0 Å². The molecule has 1 aromatic heterocycles. The van der Waals surface area contributed by atoms with Crippen molar-refractivity contribution in [2.45, 2.75) is 19.1 Å². The number of hydrogen-bond acceptors (Lipinski definition) is 4. The van der Waals surface area contributed by atoms with Gasteiger partial charge in [0.25, 0.3) is 0 Å². The van der Waals surface area contributed by atoms with Crippen LogP contribution >= 0.6 is 12.2 Å². The quantitative estimate of drug-likeness (QED) is 0.807. The van der Waals surface area contributed by atoms with E-state index in [2.05, 4.69) is 9.88 Å². The Morgan fingerprint density at radius 2 is 2.53 bits per heavy atom. The molecule has 0 radical (unpaired) electrons. The Labute approximate surface area is 107 Å². The Morgan fingerprint density at radius 3 is 3.18 bits per heavy atom. The van der Waals surface area contributed by atoms with Crippen molar-refractivity contribution in [3.63, 3.8) is 0 Å². The van der Waals surface area contributed by atoms with Gasteiger partial charge in [0.2, 0.25) is 0 Å². The molecule has 0 spiro atoms. The first kappa shape index (κ1) is 12.4. The number of rotatable bonds is 4. The number of likely N-dealkylation sites (tertiary alicyclic amines) is 1. The number of pyridine rings is 1. The van der Waals surface area contributed by atoms with Gasteiger partial charge in [0.1, 0.15) is 10.7 Å². The summed E-state index contributed by atoms with van der Waals surface area (Å²) in [5.74, 6) is 0. The zero-order chi connectivity index (χ0) is 12.3. The first-order valence-corrected chi connectivity index (χ1v) is 6.10. The van der Waals surface area contributed by atoms with E-state index in [4.69, 9.17) is 22.7 Å². The molecule has 1 aliphatic heterocycles. The predicted octanol–water partition coefficient (Wildman–Crippen LogP) is 0.937. The lowest BCUT2D eigenvalue weighted by Gasteiger charge is -2.17. The van der Waals surface area contributed by atoms with E-state index in [1.165, 1.54) is 0 Å². The van der Waals surface area contributed by atoms with Gasteiger partial charge < -0.3 is 10.5 Å². The fourth-order valence-corrected chi connectivity index (χ4v) is 2.35.